The molecule has 1 saturated carbocycles. The van der Waals surface area contributed by atoms with Gasteiger partial charge in [0.25, 0.3) is 0 Å². The van der Waals surface area contributed by atoms with Crippen LogP contribution in [0, 0.1) is 11.3 Å². The van der Waals surface area contributed by atoms with Gasteiger partial charge < -0.3 is 20.4 Å². The van der Waals surface area contributed by atoms with Gasteiger partial charge in [-0.3, -0.25) is 9.96 Å². The number of hydrogen-bond donors (Lipinski definition) is 4. The fraction of sp³-hybridized carbons (Fsp3) is 0.714. The van der Waals surface area contributed by atoms with E-state index >= 15 is 0 Å². The van der Waals surface area contributed by atoms with Gasteiger partial charge in [0.1, 0.15) is 6.04 Å². The van der Waals surface area contributed by atoms with Crippen LogP contribution in [-0.4, -0.2) is 63.8 Å². The molecule has 14 heteroatoms. The van der Waals surface area contributed by atoms with Crippen LogP contribution in [0.5, 0.6) is 0 Å². The van der Waals surface area contributed by atoms with E-state index in [1.807, 2.05) is 0 Å². The third-order valence-electron chi connectivity index (χ3n) is 5.32. The molecule has 2 amide bonds. The molecule has 5 N–H and O–H groups in total. The van der Waals surface area contributed by atoms with Gasteiger partial charge in [-0.25, -0.2) is 4.79 Å². The molecule has 154 valence electrons. The third-order valence-corrected chi connectivity index (χ3v) is 5.67. The number of nitrogens with one attached hydrogen (secondary N) is 2. The number of nitrogens with two attached hydrogens (primary N) is 1. The number of hydrogen-bond acceptors (Lipinski definition) is 8. The number of aromatic nitrogens is 2. The molecule has 2 bridgehead atoms. The van der Waals surface area contributed by atoms with Crippen molar-refractivity contribution < 1.29 is 26.5 Å². The Balaban J connectivity index is 1.37. The number of hydroxylamine groups is 2. The molecule has 3 fully saturated rings. The van der Waals surface area contributed by atoms with E-state index < -0.39 is 28.5 Å². The summed E-state index contributed by atoms with van der Waals surface area (Å²) >= 11 is 0. The van der Waals surface area contributed by atoms with Gasteiger partial charge in [0.15, 0.2) is 5.96 Å². The van der Waals surface area contributed by atoms with Gasteiger partial charge in [-0.15, -0.1) is 14.5 Å². The minimum absolute atomic E-state index is 0.0403. The van der Waals surface area contributed by atoms with Crippen LogP contribution in [0.1, 0.15) is 43.5 Å². The lowest BCUT2D eigenvalue weighted by Gasteiger charge is -2.35. The normalized spacial score (nSPS) is 29.7. The number of amides is 2. The monoisotopic (exact) mass is 415 g/mol. The van der Waals surface area contributed by atoms with Crippen LogP contribution in [0.15, 0.2) is 4.42 Å². The summed E-state index contributed by atoms with van der Waals surface area (Å²) in [5.41, 5.74) is 5.31. The molecule has 2 aliphatic heterocycles. The highest BCUT2D eigenvalue weighted by Gasteiger charge is 2.49. The highest BCUT2D eigenvalue weighted by molar-refractivity contribution is 7.80. The Morgan fingerprint density at radius 2 is 2.14 bits per heavy atom. The number of piperidine rings is 1. The summed E-state index contributed by atoms with van der Waals surface area (Å²) in [6.45, 7) is 0.248. The lowest BCUT2D eigenvalue weighted by molar-refractivity contribution is -0.0317. The SMILES string of the molecule is N=C(N)N[C@H]1C[C@H](Cc2nnc([C@@H]3CC[C@H]4CN3C(=O)N4OS(=O)(=O)O)o2)C1. The Morgan fingerprint density at radius 1 is 1.39 bits per heavy atom. The number of carbonyl (C=O) groups is 1. The van der Waals surface area contributed by atoms with E-state index in [1.165, 1.54) is 4.90 Å². The topological polar surface area (TPSA) is 188 Å². The summed E-state index contributed by atoms with van der Waals surface area (Å²) in [4.78, 5) is 13.8. The third kappa shape index (κ3) is 3.74. The van der Waals surface area contributed by atoms with Gasteiger partial charge in [0.05, 0.1) is 6.04 Å². The van der Waals surface area contributed by atoms with Crippen LogP contribution in [0.4, 0.5) is 4.79 Å². The Kier molecular flexibility index (Phi) is 4.63. The first kappa shape index (κ1) is 18.9. The summed E-state index contributed by atoms with van der Waals surface area (Å²) < 4.78 is 40.9. The predicted octanol–water partition coefficient (Wildman–Crippen LogP) is -0.451. The van der Waals surface area contributed by atoms with Crippen LogP contribution >= 0.6 is 0 Å². The van der Waals surface area contributed by atoms with Crippen molar-refractivity contribution in [2.75, 3.05) is 6.54 Å². The molecule has 0 spiro atoms. The first-order chi connectivity index (χ1) is 13.2. The van der Waals surface area contributed by atoms with Crippen molar-refractivity contribution in [3.63, 3.8) is 0 Å². The van der Waals surface area contributed by atoms with Gasteiger partial charge in [-0.2, -0.15) is 13.5 Å². The molecule has 0 aromatic carbocycles. The first-order valence-corrected chi connectivity index (χ1v) is 10.3. The Hall–Kier alpha value is -2.45. The van der Waals surface area contributed by atoms with Crippen LogP contribution in [0.25, 0.3) is 0 Å². The average Bonchev–Trinajstić information content (AvgIpc) is 3.11. The van der Waals surface area contributed by atoms with Crippen molar-refractivity contribution in [2.24, 2.45) is 11.7 Å². The van der Waals surface area contributed by atoms with Crippen LogP contribution in [-0.2, 0) is 21.1 Å². The molecule has 1 aromatic heterocycles. The molecule has 13 nitrogen and oxygen atoms in total. The van der Waals surface area contributed by atoms with E-state index in [4.69, 9.17) is 20.1 Å². The van der Waals surface area contributed by atoms with Crippen molar-refractivity contribution in [3.05, 3.63) is 11.8 Å². The molecule has 2 saturated heterocycles. The average molecular weight is 415 g/mol. The maximum Gasteiger partial charge on any atom is 0.418 e. The Morgan fingerprint density at radius 3 is 2.82 bits per heavy atom. The van der Waals surface area contributed by atoms with Crippen LogP contribution in [0.3, 0.4) is 0 Å². The van der Waals surface area contributed by atoms with Gasteiger partial charge in [-0.1, -0.05) is 0 Å². The predicted molar refractivity (Wildman–Crippen MR) is 91.9 cm³/mol. The molecular formula is C14H21N7O6S. The molecule has 3 heterocycles. The fourth-order valence-corrected chi connectivity index (χ4v) is 4.45. The minimum atomic E-state index is -4.78. The first-order valence-electron chi connectivity index (χ1n) is 8.89. The van der Waals surface area contributed by atoms with E-state index in [9.17, 15) is 13.2 Å². The van der Waals surface area contributed by atoms with Crippen LogP contribution < -0.4 is 11.1 Å². The summed E-state index contributed by atoms with van der Waals surface area (Å²) in [6, 6.07) is -1.40. The molecule has 2 atom stereocenters. The molecule has 1 aromatic rings. The maximum absolute atomic E-state index is 12.4. The molecular weight excluding hydrogens is 394 g/mol. The standard InChI is InChI=1S/C14H21N7O6S/c15-13(16)17-8-3-7(4-8)5-11-18-19-12(26-11)10-2-1-9-6-20(10)14(22)21(9)27-28(23,24)25/h7-10H,1-6H2,(H4,15,16,17)(H,23,24,25)/t7-,8-,9-,10-/m0/s1. The lowest BCUT2D eigenvalue weighted by atomic mass is 9.78. The molecule has 0 unspecified atom stereocenters. The van der Waals surface area contributed by atoms with Crippen molar-refractivity contribution in [2.45, 2.75) is 50.2 Å². The zero-order valence-electron chi connectivity index (χ0n) is 14.8. The van der Waals surface area contributed by atoms with Crippen molar-refractivity contribution in [3.8, 4) is 0 Å². The summed E-state index contributed by atoms with van der Waals surface area (Å²) in [6.07, 6.45) is 3.30. The molecule has 4 rings (SSSR count). The molecule has 0 radical (unpaired) electrons. The number of rotatable bonds is 6. The number of fused-ring (bicyclic) bond motifs is 2. The molecule has 28 heavy (non-hydrogen) atoms. The van der Waals surface area contributed by atoms with Crippen molar-refractivity contribution >= 4 is 22.4 Å². The Bertz CT molecular complexity index is 882. The van der Waals surface area contributed by atoms with E-state index in [-0.39, 0.29) is 18.5 Å². The number of urea groups is 1. The quantitative estimate of drug-likeness (QED) is 0.269. The maximum atomic E-state index is 12.4. The zero-order valence-corrected chi connectivity index (χ0v) is 15.6. The van der Waals surface area contributed by atoms with Gasteiger partial charge in [-0.05, 0) is 31.6 Å². The molecule has 1 aliphatic carbocycles. The number of carbonyl (C=O) groups excluding carboxylic acids is 1. The minimum Gasteiger partial charge on any atom is -0.423 e. The summed E-state index contributed by atoms with van der Waals surface area (Å²) in [7, 11) is -4.78. The summed E-state index contributed by atoms with van der Waals surface area (Å²) in [5.74, 6) is 1.09. The number of guanidine groups is 1. The van der Waals surface area contributed by atoms with E-state index in [0.29, 0.717) is 42.0 Å². The van der Waals surface area contributed by atoms with E-state index in [2.05, 4.69) is 19.8 Å². The number of nitrogens with zero attached hydrogens (tertiary/aromatic N) is 4. The second kappa shape index (κ2) is 6.86. The van der Waals surface area contributed by atoms with Crippen LogP contribution in [0.2, 0.25) is 0 Å². The van der Waals surface area contributed by atoms with Gasteiger partial charge in [0.2, 0.25) is 11.8 Å². The highest BCUT2D eigenvalue weighted by atomic mass is 32.3. The van der Waals surface area contributed by atoms with E-state index in [1.54, 1.807) is 0 Å². The lowest BCUT2D eigenvalue weighted by Crippen LogP contribution is -2.47. The fourth-order valence-electron chi connectivity index (χ4n) is 4.06. The smallest absolute Gasteiger partial charge is 0.418 e. The van der Waals surface area contributed by atoms with E-state index in [0.717, 1.165) is 12.8 Å². The van der Waals surface area contributed by atoms with Gasteiger partial charge in [0, 0.05) is 19.0 Å². The van der Waals surface area contributed by atoms with Crippen molar-refractivity contribution in [1.82, 2.24) is 25.5 Å². The van der Waals surface area contributed by atoms with Crippen molar-refractivity contribution in [1.29, 1.82) is 5.41 Å². The second-order valence-corrected chi connectivity index (χ2v) is 8.35. The summed E-state index contributed by atoms with van der Waals surface area (Å²) in [5, 5.41) is 18.9. The van der Waals surface area contributed by atoms with Gasteiger partial charge >= 0.3 is 16.4 Å². The largest absolute Gasteiger partial charge is 0.423 e. The second-order valence-electron chi connectivity index (χ2n) is 7.34. The highest BCUT2D eigenvalue weighted by Crippen LogP contribution is 2.38. The Labute approximate surface area is 160 Å². The zero-order chi connectivity index (χ0) is 20.1. The molecule has 3 aliphatic rings.